The molecule has 2 aliphatic heterocycles. The van der Waals surface area contributed by atoms with Gasteiger partial charge >= 0.3 is 0 Å². The largest absolute Gasteiger partial charge is 0.378 e. The molecule has 0 aromatic rings. The van der Waals surface area contributed by atoms with Crippen LogP contribution in [0.2, 0.25) is 0 Å². The molecule has 0 bridgehead atoms. The monoisotopic (exact) mass is 270 g/mol. The first-order chi connectivity index (χ1) is 9.12. The highest BCUT2D eigenvalue weighted by Gasteiger charge is 2.34. The lowest BCUT2D eigenvalue weighted by molar-refractivity contribution is -0.0747. The summed E-state index contributed by atoms with van der Waals surface area (Å²) < 4.78 is 11.7. The molecule has 1 N–H and O–H groups in total. The van der Waals surface area contributed by atoms with Crippen molar-refractivity contribution in [2.75, 3.05) is 39.4 Å². The van der Waals surface area contributed by atoms with Crippen molar-refractivity contribution in [3.63, 3.8) is 0 Å². The molecule has 2 aliphatic rings. The molecular weight excluding hydrogens is 240 g/mol. The summed E-state index contributed by atoms with van der Waals surface area (Å²) in [6, 6.07) is 0. The maximum absolute atomic E-state index is 6.16. The van der Waals surface area contributed by atoms with Crippen LogP contribution in [-0.2, 0) is 9.47 Å². The molecule has 4 heteroatoms. The summed E-state index contributed by atoms with van der Waals surface area (Å²) in [5, 5.41) is 3.46. The zero-order valence-electron chi connectivity index (χ0n) is 12.8. The zero-order chi connectivity index (χ0) is 13.7. The summed E-state index contributed by atoms with van der Waals surface area (Å²) in [6.07, 6.45) is 4.42. The van der Waals surface area contributed by atoms with Crippen LogP contribution in [0.5, 0.6) is 0 Å². The molecule has 2 atom stereocenters. The average Bonchev–Trinajstić information content (AvgIpc) is 2.80. The Morgan fingerprint density at radius 3 is 2.79 bits per heavy atom. The highest BCUT2D eigenvalue weighted by molar-refractivity contribution is 4.87. The average molecular weight is 270 g/mol. The van der Waals surface area contributed by atoms with E-state index in [1.807, 2.05) is 0 Å². The third kappa shape index (κ3) is 4.42. The molecule has 2 saturated heterocycles. The maximum atomic E-state index is 6.16. The van der Waals surface area contributed by atoms with Crippen molar-refractivity contribution >= 4 is 0 Å². The van der Waals surface area contributed by atoms with Gasteiger partial charge in [-0.3, -0.25) is 4.90 Å². The lowest BCUT2D eigenvalue weighted by Gasteiger charge is -2.43. The van der Waals surface area contributed by atoms with Crippen LogP contribution in [0.3, 0.4) is 0 Å². The van der Waals surface area contributed by atoms with Gasteiger partial charge in [-0.25, -0.2) is 0 Å². The summed E-state index contributed by atoms with van der Waals surface area (Å²) in [5.41, 5.74) is 0.153. The lowest BCUT2D eigenvalue weighted by Crippen LogP contribution is -2.55. The van der Waals surface area contributed by atoms with Crippen LogP contribution in [0.15, 0.2) is 0 Å². The predicted octanol–water partition coefficient (Wildman–Crippen LogP) is 1.64. The Labute approximate surface area is 117 Å². The number of rotatable bonds is 6. The van der Waals surface area contributed by atoms with E-state index in [2.05, 4.69) is 31.0 Å². The van der Waals surface area contributed by atoms with Crippen molar-refractivity contribution in [1.29, 1.82) is 0 Å². The fourth-order valence-electron chi connectivity index (χ4n) is 2.98. The van der Waals surface area contributed by atoms with Gasteiger partial charge in [-0.15, -0.1) is 0 Å². The molecule has 0 amide bonds. The van der Waals surface area contributed by atoms with Gasteiger partial charge in [-0.1, -0.05) is 6.92 Å². The zero-order valence-corrected chi connectivity index (χ0v) is 12.8. The Balaban J connectivity index is 1.72. The van der Waals surface area contributed by atoms with E-state index in [1.165, 1.54) is 19.3 Å². The van der Waals surface area contributed by atoms with Gasteiger partial charge in [0.25, 0.3) is 0 Å². The second-order valence-electron chi connectivity index (χ2n) is 6.47. The first-order valence-corrected chi connectivity index (χ1v) is 7.81. The molecule has 19 heavy (non-hydrogen) atoms. The topological polar surface area (TPSA) is 33.7 Å². The van der Waals surface area contributed by atoms with Gasteiger partial charge in [0, 0.05) is 25.2 Å². The van der Waals surface area contributed by atoms with Crippen LogP contribution in [0, 0.1) is 0 Å². The Morgan fingerprint density at radius 1 is 1.26 bits per heavy atom. The molecule has 0 spiro atoms. The highest BCUT2D eigenvalue weighted by atomic mass is 16.5. The van der Waals surface area contributed by atoms with Crippen LogP contribution in [-0.4, -0.2) is 62.0 Å². The van der Waals surface area contributed by atoms with E-state index in [-0.39, 0.29) is 5.54 Å². The molecule has 0 radical (unpaired) electrons. The molecule has 0 aliphatic carbocycles. The van der Waals surface area contributed by atoms with Crippen molar-refractivity contribution in [3.8, 4) is 0 Å². The Bertz CT molecular complexity index is 271. The second-order valence-corrected chi connectivity index (χ2v) is 6.47. The standard InChI is InChI=1S/C15H30N2O2/c1-4-7-16-10-13-5-6-14(19-13)11-17-8-9-18-12-15(17,2)3/h13-14,16H,4-12H2,1-3H3. The normalized spacial score (nSPS) is 31.7. The molecule has 4 nitrogen and oxygen atoms in total. The molecule has 2 unspecified atom stereocenters. The van der Waals surface area contributed by atoms with Gasteiger partial charge < -0.3 is 14.8 Å². The summed E-state index contributed by atoms with van der Waals surface area (Å²) in [4.78, 5) is 2.53. The highest BCUT2D eigenvalue weighted by Crippen LogP contribution is 2.25. The van der Waals surface area contributed by atoms with E-state index in [0.29, 0.717) is 12.2 Å². The van der Waals surface area contributed by atoms with Crippen LogP contribution in [0.1, 0.15) is 40.0 Å². The molecule has 2 heterocycles. The molecule has 0 aromatic heterocycles. The van der Waals surface area contributed by atoms with E-state index >= 15 is 0 Å². The van der Waals surface area contributed by atoms with Crippen LogP contribution in [0.25, 0.3) is 0 Å². The van der Waals surface area contributed by atoms with E-state index in [9.17, 15) is 0 Å². The number of morpholine rings is 1. The van der Waals surface area contributed by atoms with Gasteiger partial charge in [-0.05, 0) is 39.7 Å². The van der Waals surface area contributed by atoms with Gasteiger partial charge in [0.15, 0.2) is 0 Å². The summed E-state index contributed by atoms with van der Waals surface area (Å²) in [6.45, 7) is 12.6. The van der Waals surface area contributed by atoms with E-state index in [4.69, 9.17) is 9.47 Å². The number of hydrogen-bond acceptors (Lipinski definition) is 4. The Morgan fingerprint density at radius 2 is 2.05 bits per heavy atom. The van der Waals surface area contributed by atoms with Crippen molar-refractivity contribution < 1.29 is 9.47 Å². The number of hydrogen-bond donors (Lipinski definition) is 1. The SMILES string of the molecule is CCCNCC1CCC(CN2CCOCC2(C)C)O1. The third-order valence-corrected chi connectivity index (χ3v) is 4.24. The van der Waals surface area contributed by atoms with Crippen molar-refractivity contribution in [2.24, 2.45) is 0 Å². The first-order valence-electron chi connectivity index (χ1n) is 7.81. The van der Waals surface area contributed by atoms with E-state index < -0.39 is 0 Å². The minimum absolute atomic E-state index is 0.153. The predicted molar refractivity (Wildman–Crippen MR) is 77.5 cm³/mol. The molecule has 2 fully saturated rings. The Hall–Kier alpha value is -0.160. The fraction of sp³-hybridized carbons (Fsp3) is 1.00. The quantitative estimate of drug-likeness (QED) is 0.744. The molecule has 2 rings (SSSR count). The minimum Gasteiger partial charge on any atom is -0.378 e. The van der Waals surface area contributed by atoms with Crippen molar-refractivity contribution in [3.05, 3.63) is 0 Å². The van der Waals surface area contributed by atoms with Crippen molar-refractivity contribution in [2.45, 2.75) is 57.8 Å². The van der Waals surface area contributed by atoms with Gasteiger partial charge in [0.05, 0.1) is 25.4 Å². The number of nitrogens with one attached hydrogen (secondary N) is 1. The molecule has 0 aromatic carbocycles. The van der Waals surface area contributed by atoms with Gasteiger partial charge in [0.2, 0.25) is 0 Å². The van der Waals surface area contributed by atoms with Crippen molar-refractivity contribution in [1.82, 2.24) is 10.2 Å². The summed E-state index contributed by atoms with van der Waals surface area (Å²) in [7, 11) is 0. The second kappa shape index (κ2) is 7.02. The molecule has 0 saturated carbocycles. The summed E-state index contributed by atoms with van der Waals surface area (Å²) in [5.74, 6) is 0. The van der Waals surface area contributed by atoms with Crippen LogP contribution >= 0.6 is 0 Å². The molecule has 112 valence electrons. The third-order valence-electron chi connectivity index (χ3n) is 4.24. The van der Waals surface area contributed by atoms with E-state index in [0.717, 1.165) is 39.4 Å². The van der Waals surface area contributed by atoms with Gasteiger partial charge in [-0.2, -0.15) is 0 Å². The fourth-order valence-corrected chi connectivity index (χ4v) is 2.98. The van der Waals surface area contributed by atoms with Crippen LogP contribution in [0.4, 0.5) is 0 Å². The summed E-state index contributed by atoms with van der Waals surface area (Å²) >= 11 is 0. The smallest absolute Gasteiger partial charge is 0.0707 e. The molecular formula is C15H30N2O2. The maximum Gasteiger partial charge on any atom is 0.0707 e. The van der Waals surface area contributed by atoms with Crippen LogP contribution < -0.4 is 5.32 Å². The van der Waals surface area contributed by atoms with Gasteiger partial charge in [0.1, 0.15) is 0 Å². The Kier molecular flexibility index (Phi) is 5.63. The first kappa shape index (κ1) is 15.2. The minimum atomic E-state index is 0.153. The number of ether oxygens (including phenoxy) is 2. The number of nitrogens with zero attached hydrogens (tertiary/aromatic N) is 1. The van der Waals surface area contributed by atoms with E-state index in [1.54, 1.807) is 0 Å². The lowest BCUT2D eigenvalue weighted by atomic mass is 10.0.